The Morgan fingerprint density at radius 3 is 2.40 bits per heavy atom. The predicted molar refractivity (Wildman–Crippen MR) is 85.2 cm³/mol. The highest BCUT2D eigenvalue weighted by molar-refractivity contribution is 6.74. The van der Waals surface area contributed by atoms with Gasteiger partial charge in [0, 0.05) is 6.61 Å². The van der Waals surface area contributed by atoms with Crippen LogP contribution in [0.3, 0.4) is 0 Å². The summed E-state index contributed by atoms with van der Waals surface area (Å²) in [6.07, 6.45) is 1.59. The van der Waals surface area contributed by atoms with Crippen molar-refractivity contribution in [3.05, 3.63) is 29.3 Å². The van der Waals surface area contributed by atoms with Gasteiger partial charge in [0.05, 0.1) is 12.7 Å². The molecule has 0 amide bonds. The van der Waals surface area contributed by atoms with Gasteiger partial charge in [-0.25, -0.2) is 0 Å². The van der Waals surface area contributed by atoms with Crippen molar-refractivity contribution >= 4 is 14.6 Å². The molecule has 1 rings (SSSR count). The molecule has 0 saturated carbocycles. The van der Waals surface area contributed by atoms with Gasteiger partial charge in [-0.3, -0.25) is 4.79 Å². The molecule has 0 N–H and O–H groups in total. The number of carbonyl (C=O) groups is 1. The highest BCUT2D eigenvalue weighted by Crippen LogP contribution is 2.36. The molecule has 1 aromatic carbocycles. The number of hydrogen-bond acceptors (Lipinski definition) is 3. The number of rotatable bonds is 6. The first kappa shape index (κ1) is 16.9. The van der Waals surface area contributed by atoms with E-state index in [2.05, 4.69) is 33.9 Å². The fourth-order valence-electron chi connectivity index (χ4n) is 1.78. The largest absolute Gasteiger partial charge is 0.496 e. The molecule has 0 saturated heterocycles. The standard InChI is InChI=1S/C16H26O3Si/c1-16(2,3)20(5,6)19-11-10-13-8-7-9-14(12-17)15(13)18-4/h7-9,12H,10-11H2,1-6H3. The second-order valence-corrected chi connectivity index (χ2v) is 11.3. The van der Waals surface area contributed by atoms with Crippen LogP contribution in [0.25, 0.3) is 0 Å². The molecule has 20 heavy (non-hydrogen) atoms. The van der Waals surface area contributed by atoms with E-state index in [0.29, 0.717) is 17.9 Å². The summed E-state index contributed by atoms with van der Waals surface area (Å²) in [4.78, 5) is 11.0. The van der Waals surface area contributed by atoms with Crippen LogP contribution in [0.4, 0.5) is 0 Å². The molecule has 3 nitrogen and oxygen atoms in total. The van der Waals surface area contributed by atoms with E-state index in [1.54, 1.807) is 13.2 Å². The zero-order valence-electron chi connectivity index (χ0n) is 13.4. The second-order valence-electron chi connectivity index (χ2n) is 6.52. The van der Waals surface area contributed by atoms with Crippen LogP contribution in [0.15, 0.2) is 18.2 Å². The van der Waals surface area contributed by atoms with Gasteiger partial charge < -0.3 is 9.16 Å². The van der Waals surface area contributed by atoms with Gasteiger partial charge in [0.1, 0.15) is 5.75 Å². The lowest BCUT2D eigenvalue weighted by Crippen LogP contribution is -2.41. The molecule has 0 bridgehead atoms. The number of aldehydes is 1. The quantitative estimate of drug-likeness (QED) is 0.586. The van der Waals surface area contributed by atoms with Crippen LogP contribution in [0.1, 0.15) is 36.7 Å². The van der Waals surface area contributed by atoms with E-state index in [1.165, 1.54) is 0 Å². The summed E-state index contributed by atoms with van der Waals surface area (Å²) in [6, 6.07) is 5.64. The second kappa shape index (κ2) is 6.55. The lowest BCUT2D eigenvalue weighted by Gasteiger charge is -2.36. The smallest absolute Gasteiger partial charge is 0.191 e. The molecule has 0 aliphatic rings. The van der Waals surface area contributed by atoms with Crippen LogP contribution >= 0.6 is 0 Å². The molecule has 0 aliphatic carbocycles. The van der Waals surface area contributed by atoms with Crippen LogP contribution in [0.2, 0.25) is 18.1 Å². The third kappa shape index (κ3) is 3.93. The van der Waals surface area contributed by atoms with Gasteiger partial charge in [-0.2, -0.15) is 0 Å². The Bertz CT molecular complexity index is 461. The Balaban J connectivity index is 2.74. The molecule has 0 fully saturated rings. The summed E-state index contributed by atoms with van der Waals surface area (Å²) in [6.45, 7) is 11.8. The highest BCUT2D eigenvalue weighted by Gasteiger charge is 2.36. The molecule has 0 unspecified atom stereocenters. The molecule has 4 heteroatoms. The van der Waals surface area contributed by atoms with E-state index in [1.807, 2.05) is 12.1 Å². The first-order valence-corrected chi connectivity index (χ1v) is 9.89. The Kier molecular flexibility index (Phi) is 5.54. The molecule has 0 aliphatic heterocycles. The summed E-state index contributed by atoms with van der Waals surface area (Å²) in [5, 5.41) is 0.210. The van der Waals surface area contributed by atoms with Gasteiger partial charge >= 0.3 is 0 Å². The summed E-state index contributed by atoms with van der Waals surface area (Å²) in [7, 11) is -0.121. The van der Waals surface area contributed by atoms with E-state index in [4.69, 9.17) is 9.16 Å². The minimum atomic E-state index is -1.72. The number of methoxy groups -OCH3 is 1. The summed E-state index contributed by atoms with van der Waals surface area (Å²) >= 11 is 0. The minimum Gasteiger partial charge on any atom is -0.496 e. The number of para-hydroxylation sites is 1. The Morgan fingerprint density at radius 1 is 1.25 bits per heavy atom. The maximum atomic E-state index is 11.0. The van der Waals surface area contributed by atoms with Crippen molar-refractivity contribution in [2.24, 2.45) is 0 Å². The molecule has 0 atom stereocenters. The Labute approximate surface area is 123 Å². The van der Waals surface area contributed by atoms with Gasteiger partial charge in [-0.05, 0) is 36.2 Å². The van der Waals surface area contributed by atoms with E-state index >= 15 is 0 Å². The Hall–Kier alpha value is -1.13. The number of carbonyl (C=O) groups excluding carboxylic acids is 1. The number of hydrogen-bond donors (Lipinski definition) is 0. The fraction of sp³-hybridized carbons (Fsp3) is 0.562. The van der Waals surface area contributed by atoms with Crippen LogP contribution in [-0.2, 0) is 10.8 Å². The molecule has 0 spiro atoms. The van der Waals surface area contributed by atoms with Gasteiger partial charge in [0.2, 0.25) is 0 Å². The van der Waals surface area contributed by atoms with Crippen LogP contribution in [0, 0.1) is 0 Å². The van der Waals surface area contributed by atoms with Gasteiger partial charge in [0.15, 0.2) is 14.6 Å². The summed E-state index contributed by atoms with van der Waals surface area (Å²) < 4.78 is 11.5. The third-order valence-electron chi connectivity index (χ3n) is 4.10. The molecule has 0 aromatic heterocycles. The predicted octanol–water partition coefficient (Wildman–Crippen LogP) is 4.07. The SMILES string of the molecule is COc1c(C=O)cccc1CCO[Si](C)(C)C(C)(C)C. The number of benzene rings is 1. The van der Waals surface area contributed by atoms with E-state index in [-0.39, 0.29) is 5.04 Å². The van der Waals surface area contributed by atoms with E-state index in [9.17, 15) is 4.79 Å². The van der Waals surface area contributed by atoms with Gasteiger partial charge in [0.25, 0.3) is 0 Å². The van der Waals surface area contributed by atoms with Gasteiger partial charge in [-0.1, -0.05) is 32.9 Å². The van der Waals surface area contributed by atoms with Crippen molar-refractivity contribution in [1.29, 1.82) is 0 Å². The fourth-order valence-corrected chi connectivity index (χ4v) is 2.82. The lowest BCUT2D eigenvalue weighted by atomic mass is 10.1. The van der Waals surface area contributed by atoms with Crippen molar-refractivity contribution in [2.75, 3.05) is 13.7 Å². The normalized spacial score (nSPS) is 12.3. The van der Waals surface area contributed by atoms with Gasteiger partial charge in [-0.15, -0.1) is 0 Å². The third-order valence-corrected chi connectivity index (χ3v) is 8.64. The molecular weight excluding hydrogens is 268 g/mol. The molecular formula is C16H26O3Si. The highest BCUT2D eigenvalue weighted by atomic mass is 28.4. The maximum absolute atomic E-state index is 11.0. The van der Waals surface area contributed by atoms with Crippen LogP contribution in [0.5, 0.6) is 5.75 Å². The van der Waals surface area contributed by atoms with Crippen molar-refractivity contribution in [3.63, 3.8) is 0 Å². The first-order chi connectivity index (χ1) is 9.23. The molecule has 1 aromatic rings. The monoisotopic (exact) mass is 294 g/mol. The van der Waals surface area contributed by atoms with E-state index in [0.717, 1.165) is 18.3 Å². The lowest BCUT2D eigenvalue weighted by molar-refractivity contribution is 0.112. The zero-order chi connectivity index (χ0) is 15.4. The molecule has 0 heterocycles. The average molecular weight is 294 g/mol. The summed E-state index contributed by atoms with van der Waals surface area (Å²) in [5.41, 5.74) is 1.62. The van der Waals surface area contributed by atoms with E-state index < -0.39 is 8.32 Å². The van der Waals surface area contributed by atoms with Crippen molar-refractivity contribution in [2.45, 2.75) is 45.3 Å². The van der Waals surface area contributed by atoms with Crippen LogP contribution in [-0.4, -0.2) is 28.3 Å². The van der Waals surface area contributed by atoms with Crippen molar-refractivity contribution in [1.82, 2.24) is 0 Å². The first-order valence-electron chi connectivity index (χ1n) is 6.98. The average Bonchev–Trinajstić information content (AvgIpc) is 2.36. The molecule has 112 valence electrons. The van der Waals surface area contributed by atoms with Crippen molar-refractivity contribution in [3.8, 4) is 5.75 Å². The zero-order valence-corrected chi connectivity index (χ0v) is 14.4. The number of ether oxygens (including phenoxy) is 1. The van der Waals surface area contributed by atoms with Crippen molar-refractivity contribution < 1.29 is 14.0 Å². The summed E-state index contributed by atoms with van der Waals surface area (Å²) in [5.74, 6) is 0.668. The minimum absolute atomic E-state index is 0.210. The maximum Gasteiger partial charge on any atom is 0.191 e. The topological polar surface area (TPSA) is 35.5 Å². The molecule has 0 radical (unpaired) electrons. The Morgan fingerprint density at radius 2 is 1.90 bits per heavy atom. The van der Waals surface area contributed by atoms with Crippen LogP contribution < -0.4 is 4.74 Å².